The van der Waals surface area contributed by atoms with Gasteiger partial charge in [-0.3, -0.25) is 4.79 Å². The number of benzene rings is 2. The fraction of sp³-hybridized carbons (Fsp3) is 0.0714. The summed E-state index contributed by atoms with van der Waals surface area (Å²) in [6, 6.07) is 10.7. The van der Waals surface area contributed by atoms with Crippen LogP contribution in [-0.4, -0.2) is 0 Å². The van der Waals surface area contributed by atoms with Crippen molar-refractivity contribution in [1.82, 2.24) is 0 Å². The van der Waals surface area contributed by atoms with Crippen molar-refractivity contribution in [3.05, 3.63) is 57.2 Å². The van der Waals surface area contributed by atoms with E-state index in [9.17, 15) is 4.79 Å². The maximum atomic E-state index is 12.3. The standard InChI is InChI=1S/C14H9ClO2/c1-8-6-9(15)7-11-13(16)10-4-2-3-5-12(10)17-14(8)11/h2-7H,1H3. The molecule has 0 radical (unpaired) electrons. The number of halogens is 1. The second-order valence-corrected chi connectivity index (χ2v) is 4.46. The quantitative estimate of drug-likeness (QED) is 0.561. The zero-order valence-corrected chi connectivity index (χ0v) is 9.91. The van der Waals surface area contributed by atoms with E-state index in [1.54, 1.807) is 24.3 Å². The minimum atomic E-state index is -0.0348. The molecule has 0 spiro atoms. The van der Waals surface area contributed by atoms with E-state index in [1.807, 2.05) is 19.1 Å². The first-order valence-corrected chi connectivity index (χ1v) is 5.66. The van der Waals surface area contributed by atoms with Crippen molar-refractivity contribution in [2.75, 3.05) is 0 Å². The highest BCUT2D eigenvalue weighted by Crippen LogP contribution is 2.24. The zero-order chi connectivity index (χ0) is 12.0. The van der Waals surface area contributed by atoms with Crippen molar-refractivity contribution in [3.63, 3.8) is 0 Å². The van der Waals surface area contributed by atoms with E-state index in [-0.39, 0.29) is 5.43 Å². The summed E-state index contributed by atoms with van der Waals surface area (Å²) >= 11 is 5.97. The predicted molar refractivity (Wildman–Crippen MR) is 69.7 cm³/mol. The summed E-state index contributed by atoms with van der Waals surface area (Å²) in [5.74, 6) is 0. The molecule has 0 saturated heterocycles. The van der Waals surface area contributed by atoms with E-state index >= 15 is 0 Å². The van der Waals surface area contributed by atoms with Gasteiger partial charge in [-0.1, -0.05) is 23.7 Å². The van der Waals surface area contributed by atoms with Crippen LogP contribution in [0.2, 0.25) is 5.02 Å². The van der Waals surface area contributed by atoms with Gasteiger partial charge >= 0.3 is 0 Å². The first kappa shape index (κ1) is 10.4. The van der Waals surface area contributed by atoms with E-state index in [0.717, 1.165) is 5.56 Å². The van der Waals surface area contributed by atoms with Gasteiger partial charge in [-0.2, -0.15) is 0 Å². The predicted octanol–water partition coefficient (Wildman–Crippen LogP) is 3.91. The first-order valence-electron chi connectivity index (χ1n) is 5.28. The van der Waals surface area contributed by atoms with Crippen LogP contribution >= 0.6 is 11.6 Å². The third kappa shape index (κ3) is 1.53. The van der Waals surface area contributed by atoms with Crippen molar-refractivity contribution in [2.45, 2.75) is 6.92 Å². The Morgan fingerprint density at radius 3 is 2.71 bits per heavy atom. The van der Waals surface area contributed by atoms with Gasteiger partial charge in [0.2, 0.25) is 5.43 Å². The molecule has 0 saturated carbocycles. The minimum absolute atomic E-state index is 0.0348. The molecule has 84 valence electrons. The van der Waals surface area contributed by atoms with Crippen LogP contribution in [0.15, 0.2) is 45.6 Å². The highest BCUT2D eigenvalue weighted by Gasteiger charge is 2.09. The molecule has 0 aliphatic carbocycles. The van der Waals surface area contributed by atoms with E-state index < -0.39 is 0 Å². The number of hydrogen-bond donors (Lipinski definition) is 0. The van der Waals surface area contributed by atoms with Crippen molar-refractivity contribution in [2.24, 2.45) is 0 Å². The number of fused-ring (bicyclic) bond motifs is 2. The molecule has 0 fully saturated rings. The molecule has 0 bridgehead atoms. The van der Waals surface area contributed by atoms with Crippen LogP contribution in [0, 0.1) is 6.92 Å². The molecule has 0 unspecified atom stereocenters. The second-order valence-electron chi connectivity index (χ2n) is 4.03. The summed E-state index contributed by atoms with van der Waals surface area (Å²) in [4.78, 5) is 12.3. The largest absolute Gasteiger partial charge is 0.456 e. The summed E-state index contributed by atoms with van der Waals surface area (Å²) in [5.41, 5.74) is 2.05. The maximum Gasteiger partial charge on any atom is 0.200 e. The topological polar surface area (TPSA) is 30.2 Å². The Balaban J connectivity index is 2.64. The molecule has 1 heterocycles. The minimum Gasteiger partial charge on any atom is -0.456 e. The second kappa shape index (κ2) is 3.60. The molecule has 2 aromatic carbocycles. The van der Waals surface area contributed by atoms with E-state index in [0.29, 0.717) is 27.0 Å². The van der Waals surface area contributed by atoms with E-state index in [4.69, 9.17) is 16.0 Å². The van der Waals surface area contributed by atoms with Crippen molar-refractivity contribution < 1.29 is 4.42 Å². The smallest absolute Gasteiger partial charge is 0.200 e. The summed E-state index contributed by atoms with van der Waals surface area (Å²) in [7, 11) is 0. The maximum absolute atomic E-state index is 12.3. The lowest BCUT2D eigenvalue weighted by molar-refractivity contribution is 0.657. The Hall–Kier alpha value is -1.80. The van der Waals surface area contributed by atoms with Crippen LogP contribution in [0.4, 0.5) is 0 Å². The molecule has 3 heteroatoms. The average Bonchev–Trinajstić information content (AvgIpc) is 2.31. The third-order valence-corrected chi connectivity index (χ3v) is 3.05. The SMILES string of the molecule is Cc1cc(Cl)cc2c(=O)c3ccccc3oc12. The summed E-state index contributed by atoms with van der Waals surface area (Å²) in [5, 5.41) is 1.67. The molecule has 1 aromatic heterocycles. The van der Waals surface area contributed by atoms with E-state index in [2.05, 4.69) is 0 Å². The number of hydrogen-bond acceptors (Lipinski definition) is 2. The molecule has 3 rings (SSSR count). The fourth-order valence-electron chi connectivity index (χ4n) is 2.03. The van der Waals surface area contributed by atoms with Crippen LogP contribution in [0.25, 0.3) is 21.9 Å². The number of para-hydroxylation sites is 1. The molecular formula is C14H9ClO2. The van der Waals surface area contributed by atoms with Crippen molar-refractivity contribution >= 4 is 33.5 Å². The molecule has 17 heavy (non-hydrogen) atoms. The summed E-state index contributed by atoms with van der Waals surface area (Å²) < 4.78 is 5.75. The Morgan fingerprint density at radius 2 is 1.88 bits per heavy atom. The van der Waals surface area contributed by atoms with Crippen molar-refractivity contribution in [3.8, 4) is 0 Å². The lowest BCUT2D eigenvalue weighted by Gasteiger charge is -2.04. The van der Waals surface area contributed by atoms with Crippen LogP contribution < -0.4 is 5.43 Å². The van der Waals surface area contributed by atoms with E-state index in [1.165, 1.54) is 0 Å². The summed E-state index contributed by atoms with van der Waals surface area (Å²) in [6.45, 7) is 1.88. The van der Waals surface area contributed by atoms with Gasteiger partial charge in [0, 0.05) is 5.02 Å². The van der Waals surface area contributed by atoms with Gasteiger partial charge in [0.1, 0.15) is 11.2 Å². The van der Waals surface area contributed by atoms with Gasteiger partial charge in [-0.25, -0.2) is 0 Å². The lowest BCUT2D eigenvalue weighted by atomic mass is 10.1. The Bertz CT molecular complexity index is 787. The molecule has 0 aliphatic heterocycles. The number of aryl methyl sites for hydroxylation is 1. The molecule has 0 N–H and O–H groups in total. The monoisotopic (exact) mass is 244 g/mol. The summed E-state index contributed by atoms with van der Waals surface area (Å²) in [6.07, 6.45) is 0. The van der Waals surface area contributed by atoms with Crippen LogP contribution in [0.1, 0.15) is 5.56 Å². The Morgan fingerprint density at radius 1 is 1.12 bits per heavy atom. The van der Waals surface area contributed by atoms with Gasteiger partial charge in [-0.15, -0.1) is 0 Å². The zero-order valence-electron chi connectivity index (χ0n) is 9.16. The van der Waals surface area contributed by atoms with Crippen LogP contribution in [0.5, 0.6) is 0 Å². The molecule has 3 aromatic rings. The van der Waals surface area contributed by atoms with Gasteiger partial charge in [0.25, 0.3) is 0 Å². The normalized spacial score (nSPS) is 11.2. The molecular weight excluding hydrogens is 236 g/mol. The van der Waals surface area contributed by atoms with Crippen molar-refractivity contribution in [1.29, 1.82) is 0 Å². The molecule has 2 nitrogen and oxygen atoms in total. The van der Waals surface area contributed by atoms with Crippen LogP contribution in [-0.2, 0) is 0 Å². The molecule has 0 amide bonds. The van der Waals surface area contributed by atoms with Crippen LogP contribution in [0.3, 0.4) is 0 Å². The molecule has 0 aliphatic rings. The van der Waals surface area contributed by atoms with Gasteiger partial charge in [-0.05, 0) is 36.8 Å². The highest BCUT2D eigenvalue weighted by molar-refractivity contribution is 6.31. The lowest BCUT2D eigenvalue weighted by Crippen LogP contribution is -2.02. The van der Waals surface area contributed by atoms with Gasteiger partial charge in [0.05, 0.1) is 10.8 Å². The third-order valence-electron chi connectivity index (χ3n) is 2.83. The van der Waals surface area contributed by atoms with Gasteiger partial charge < -0.3 is 4.42 Å². The number of rotatable bonds is 0. The fourth-order valence-corrected chi connectivity index (χ4v) is 2.31. The van der Waals surface area contributed by atoms with Gasteiger partial charge in [0.15, 0.2) is 0 Å². The first-order chi connectivity index (χ1) is 8.16. The average molecular weight is 245 g/mol. The highest BCUT2D eigenvalue weighted by atomic mass is 35.5. The molecule has 0 atom stereocenters. The Kier molecular flexibility index (Phi) is 2.20. The Labute approximate surface area is 102 Å².